The molecule has 1 aliphatic rings. The fourth-order valence-corrected chi connectivity index (χ4v) is 3.14. The van der Waals surface area contributed by atoms with E-state index in [-0.39, 0.29) is 5.91 Å². The van der Waals surface area contributed by atoms with Crippen LogP contribution in [-0.4, -0.2) is 37.0 Å². The van der Waals surface area contributed by atoms with Crippen molar-refractivity contribution in [3.8, 4) is 0 Å². The van der Waals surface area contributed by atoms with Crippen LogP contribution in [0.3, 0.4) is 0 Å². The van der Waals surface area contributed by atoms with Gasteiger partial charge in [0.15, 0.2) is 0 Å². The fraction of sp³-hybridized carbons (Fsp3) is 0.278. The monoisotopic (exact) mass is 392 g/mol. The predicted octanol–water partition coefficient (Wildman–Crippen LogP) is 3.99. The van der Waals surface area contributed by atoms with Crippen LogP contribution in [0.25, 0.3) is 0 Å². The van der Waals surface area contributed by atoms with Gasteiger partial charge in [-0.15, -0.1) is 0 Å². The summed E-state index contributed by atoms with van der Waals surface area (Å²) >= 11 is 9.34. The lowest BCUT2D eigenvalue weighted by atomic mass is 10.1. The summed E-state index contributed by atoms with van der Waals surface area (Å²) in [4.78, 5) is 16.7. The van der Waals surface area contributed by atoms with Gasteiger partial charge in [-0.2, -0.15) is 0 Å². The second-order valence-electron chi connectivity index (χ2n) is 5.65. The zero-order valence-electron chi connectivity index (χ0n) is 12.7. The number of rotatable bonds is 3. The Morgan fingerprint density at radius 1 is 0.957 bits per heavy atom. The smallest absolute Gasteiger partial charge is 0.227 e. The number of amides is 1. The quantitative estimate of drug-likeness (QED) is 0.787. The van der Waals surface area contributed by atoms with Crippen LogP contribution < -0.4 is 4.90 Å². The number of hydrogen-bond donors (Lipinski definition) is 0. The highest BCUT2D eigenvalue weighted by Crippen LogP contribution is 2.20. The average Bonchev–Trinajstić information content (AvgIpc) is 2.58. The first kappa shape index (κ1) is 16.3. The molecule has 23 heavy (non-hydrogen) atoms. The number of anilines is 1. The molecule has 0 N–H and O–H groups in total. The van der Waals surface area contributed by atoms with E-state index in [0.717, 1.165) is 46.9 Å². The third-order valence-electron chi connectivity index (χ3n) is 4.09. The van der Waals surface area contributed by atoms with Crippen molar-refractivity contribution in [1.29, 1.82) is 0 Å². The maximum atomic E-state index is 12.4. The lowest BCUT2D eigenvalue weighted by Gasteiger charge is -2.36. The fourth-order valence-electron chi connectivity index (χ4n) is 2.75. The Morgan fingerprint density at radius 3 is 2.17 bits per heavy atom. The van der Waals surface area contributed by atoms with Crippen LogP contribution in [0.1, 0.15) is 5.56 Å². The molecule has 0 aliphatic carbocycles. The third kappa shape index (κ3) is 4.27. The molecule has 5 heteroatoms. The van der Waals surface area contributed by atoms with Crippen molar-refractivity contribution in [2.45, 2.75) is 6.42 Å². The van der Waals surface area contributed by atoms with E-state index in [1.165, 1.54) is 0 Å². The molecule has 0 radical (unpaired) electrons. The van der Waals surface area contributed by atoms with E-state index >= 15 is 0 Å². The van der Waals surface area contributed by atoms with Gasteiger partial charge in [0.2, 0.25) is 5.91 Å². The van der Waals surface area contributed by atoms with Crippen molar-refractivity contribution >= 4 is 39.1 Å². The molecule has 2 aromatic rings. The molecule has 0 atom stereocenters. The van der Waals surface area contributed by atoms with Gasteiger partial charge in [0.1, 0.15) is 0 Å². The number of benzene rings is 2. The van der Waals surface area contributed by atoms with Gasteiger partial charge in [-0.25, -0.2) is 0 Å². The van der Waals surface area contributed by atoms with Gasteiger partial charge in [-0.3, -0.25) is 4.79 Å². The topological polar surface area (TPSA) is 23.6 Å². The summed E-state index contributed by atoms with van der Waals surface area (Å²) in [6.45, 7) is 3.23. The number of carbonyl (C=O) groups is 1. The zero-order valence-corrected chi connectivity index (χ0v) is 15.1. The molecule has 3 nitrogen and oxygen atoms in total. The number of piperazine rings is 1. The van der Waals surface area contributed by atoms with Crippen LogP contribution >= 0.6 is 27.5 Å². The maximum absolute atomic E-state index is 12.4. The van der Waals surface area contributed by atoms with Crippen molar-refractivity contribution in [3.05, 3.63) is 63.6 Å². The number of carbonyl (C=O) groups excluding carboxylic acids is 1. The van der Waals surface area contributed by atoms with E-state index in [1.807, 2.05) is 53.4 Å². The second-order valence-corrected chi connectivity index (χ2v) is 7.00. The first-order chi connectivity index (χ1) is 11.1. The van der Waals surface area contributed by atoms with Crippen molar-refractivity contribution in [2.24, 2.45) is 0 Å². The Hall–Kier alpha value is -1.52. The van der Waals surface area contributed by atoms with E-state index in [9.17, 15) is 4.79 Å². The van der Waals surface area contributed by atoms with E-state index in [4.69, 9.17) is 11.6 Å². The van der Waals surface area contributed by atoms with Crippen LogP contribution in [0.2, 0.25) is 5.02 Å². The summed E-state index contributed by atoms with van der Waals surface area (Å²) in [5.41, 5.74) is 2.22. The standard InChI is InChI=1S/C18H18BrClN2O/c19-15-3-1-14(2-4-15)13-18(23)22-11-9-21(10-12-22)17-7-5-16(20)6-8-17/h1-8H,9-13H2. The number of hydrogen-bond acceptors (Lipinski definition) is 2. The minimum atomic E-state index is 0.197. The molecule has 1 aliphatic heterocycles. The average molecular weight is 394 g/mol. The van der Waals surface area contributed by atoms with Crippen molar-refractivity contribution in [1.82, 2.24) is 4.90 Å². The first-order valence-electron chi connectivity index (χ1n) is 7.64. The van der Waals surface area contributed by atoms with Crippen LogP contribution in [0, 0.1) is 0 Å². The molecule has 1 amide bonds. The van der Waals surface area contributed by atoms with Crippen molar-refractivity contribution < 1.29 is 4.79 Å². The molecule has 0 spiro atoms. The minimum absolute atomic E-state index is 0.197. The highest BCUT2D eigenvalue weighted by Gasteiger charge is 2.21. The summed E-state index contributed by atoms with van der Waals surface area (Å²) in [6, 6.07) is 15.8. The Balaban J connectivity index is 1.54. The summed E-state index contributed by atoms with van der Waals surface area (Å²) < 4.78 is 1.03. The molecular formula is C18H18BrClN2O. The van der Waals surface area contributed by atoms with E-state index in [0.29, 0.717) is 6.42 Å². The SMILES string of the molecule is O=C(Cc1ccc(Br)cc1)N1CCN(c2ccc(Cl)cc2)CC1. The Kier molecular flexibility index (Phi) is 5.23. The van der Waals surface area contributed by atoms with Gasteiger partial charge in [0.05, 0.1) is 6.42 Å². The van der Waals surface area contributed by atoms with Crippen molar-refractivity contribution in [2.75, 3.05) is 31.1 Å². The number of halogens is 2. The summed E-state index contributed by atoms with van der Waals surface area (Å²) in [7, 11) is 0. The van der Waals surface area contributed by atoms with Crippen LogP contribution in [0.5, 0.6) is 0 Å². The van der Waals surface area contributed by atoms with Gasteiger partial charge in [-0.1, -0.05) is 39.7 Å². The van der Waals surface area contributed by atoms with Crippen molar-refractivity contribution in [3.63, 3.8) is 0 Å². The molecule has 120 valence electrons. The van der Waals surface area contributed by atoms with Crippen LogP contribution in [0.4, 0.5) is 5.69 Å². The third-order valence-corrected chi connectivity index (χ3v) is 4.87. The highest BCUT2D eigenvalue weighted by atomic mass is 79.9. The molecule has 1 fully saturated rings. The Morgan fingerprint density at radius 2 is 1.57 bits per heavy atom. The summed E-state index contributed by atoms with van der Waals surface area (Å²) in [6.07, 6.45) is 0.466. The first-order valence-corrected chi connectivity index (χ1v) is 8.82. The van der Waals surface area contributed by atoms with Gasteiger partial charge in [-0.05, 0) is 42.0 Å². The lowest BCUT2D eigenvalue weighted by Crippen LogP contribution is -2.49. The molecule has 0 bridgehead atoms. The largest absolute Gasteiger partial charge is 0.368 e. The van der Waals surface area contributed by atoms with E-state index < -0.39 is 0 Å². The van der Waals surface area contributed by atoms with Crippen LogP contribution in [0.15, 0.2) is 53.0 Å². The number of nitrogens with zero attached hydrogens (tertiary/aromatic N) is 2. The molecule has 1 saturated heterocycles. The van der Waals surface area contributed by atoms with Gasteiger partial charge in [0.25, 0.3) is 0 Å². The normalized spacial score (nSPS) is 14.9. The molecule has 0 unspecified atom stereocenters. The van der Waals surface area contributed by atoms with Gasteiger partial charge < -0.3 is 9.80 Å². The van der Waals surface area contributed by atoms with Gasteiger partial charge in [0, 0.05) is 41.4 Å². The van der Waals surface area contributed by atoms with Gasteiger partial charge >= 0.3 is 0 Å². The molecular weight excluding hydrogens is 376 g/mol. The van der Waals surface area contributed by atoms with E-state index in [1.54, 1.807) is 0 Å². The lowest BCUT2D eigenvalue weighted by molar-refractivity contribution is -0.130. The molecule has 0 aromatic heterocycles. The predicted molar refractivity (Wildman–Crippen MR) is 98.1 cm³/mol. The Labute approximate surface area is 150 Å². The molecule has 0 saturated carbocycles. The Bertz CT molecular complexity index is 664. The van der Waals surface area contributed by atoms with Crippen LogP contribution in [-0.2, 0) is 11.2 Å². The minimum Gasteiger partial charge on any atom is -0.368 e. The maximum Gasteiger partial charge on any atom is 0.227 e. The van der Waals surface area contributed by atoms with E-state index in [2.05, 4.69) is 20.8 Å². The molecule has 1 heterocycles. The second kappa shape index (κ2) is 7.37. The summed E-state index contributed by atoms with van der Waals surface area (Å²) in [5.74, 6) is 0.197. The highest BCUT2D eigenvalue weighted by molar-refractivity contribution is 9.10. The molecule has 3 rings (SSSR count). The summed E-state index contributed by atoms with van der Waals surface area (Å²) in [5, 5.41) is 0.747. The zero-order chi connectivity index (χ0) is 16.2. The molecule has 2 aromatic carbocycles.